The number of thiophene rings is 1. The number of carbonyl (C=O) groups excluding carboxylic acids is 2. The number of carbonyl (C=O) groups is 2. The minimum absolute atomic E-state index is 0.0822. The first-order chi connectivity index (χ1) is 17.0. The molecule has 0 spiro atoms. The number of fused-ring (bicyclic) bond motifs is 1. The van der Waals surface area contributed by atoms with Crippen molar-refractivity contribution in [3.63, 3.8) is 0 Å². The molecule has 2 aromatic carbocycles. The molecule has 0 bridgehead atoms. The lowest BCUT2D eigenvalue weighted by atomic mass is 10.0. The van der Waals surface area contributed by atoms with Crippen LogP contribution in [0.4, 0.5) is 10.5 Å². The monoisotopic (exact) mass is 487 g/mol. The van der Waals surface area contributed by atoms with Gasteiger partial charge in [0.15, 0.2) is 0 Å². The first-order valence-electron chi connectivity index (χ1n) is 11.4. The molecule has 1 aliphatic heterocycles. The fraction of sp³-hybridized carbons (Fsp3) is 0.231. The molecule has 5 rings (SSSR count). The molecule has 8 nitrogen and oxygen atoms in total. The average Bonchev–Trinajstić information content (AvgIpc) is 3.23. The summed E-state index contributed by atoms with van der Waals surface area (Å²) in [6.45, 7) is 3.59. The van der Waals surface area contributed by atoms with Gasteiger partial charge in [-0.3, -0.25) is 14.2 Å². The van der Waals surface area contributed by atoms with Gasteiger partial charge in [0.2, 0.25) is 5.91 Å². The molecule has 1 fully saturated rings. The molecule has 2 aromatic heterocycles. The van der Waals surface area contributed by atoms with Gasteiger partial charge >= 0.3 is 6.03 Å². The zero-order chi connectivity index (χ0) is 24.4. The summed E-state index contributed by atoms with van der Waals surface area (Å²) in [6.07, 6.45) is 1.46. The first kappa shape index (κ1) is 22.8. The summed E-state index contributed by atoms with van der Waals surface area (Å²) in [5, 5.41) is 3.42. The fourth-order valence-electron chi connectivity index (χ4n) is 4.33. The topological polar surface area (TPSA) is 87.5 Å². The number of hydrogen-bond donors (Lipinski definition) is 1. The minimum Gasteiger partial charge on any atom is -0.338 e. The minimum atomic E-state index is -0.215. The largest absolute Gasteiger partial charge is 0.338 e. The second kappa shape index (κ2) is 9.71. The molecule has 0 aliphatic carbocycles. The number of amides is 3. The van der Waals surface area contributed by atoms with Gasteiger partial charge in [0.05, 0.1) is 11.7 Å². The van der Waals surface area contributed by atoms with Crippen molar-refractivity contribution in [2.75, 3.05) is 31.5 Å². The number of piperazine rings is 1. The van der Waals surface area contributed by atoms with Crippen molar-refractivity contribution in [1.82, 2.24) is 19.4 Å². The standard InChI is InChI=1S/C26H25N5O3S/c1-18-22(19-8-4-2-5-9-19)23-24(35-18)27-17-31(25(23)33)16-21(32)29-12-14-30(15-13-29)26(34)28-20-10-6-3-7-11-20/h2-11,17H,12-16H2,1H3,(H,28,34). The highest BCUT2D eigenvalue weighted by molar-refractivity contribution is 7.19. The van der Waals surface area contributed by atoms with Crippen molar-refractivity contribution in [3.8, 4) is 11.1 Å². The van der Waals surface area contributed by atoms with E-state index in [9.17, 15) is 14.4 Å². The summed E-state index contributed by atoms with van der Waals surface area (Å²) in [7, 11) is 0. The molecule has 4 aromatic rings. The van der Waals surface area contributed by atoms with Gasteiger partial charge in [0, 0.05) is 42.3 Å². The lowest BCUT2D eigenvalue weighted by Crippen LogP contribution is -2.52. The van der Waals surface area contributed by atoms with E-state index in [0.717, 1.165) is 21.7 Å². The number of aromatic nitrogens is 2. The van der Waals surface area contributed by atoms with Crippen molar-refractivity contribution in [2.45, 2.75) is 13.5 Å². The molecule has 1 saturated heterocycles. The number of anilines is 1. The lowest BCUT2D eigenvalue weighted by molar-refractivity contribution is -0.133. The van der Waals surface area contributed by atoms with Crippen LogP contribution in [0.25, 0.3) is 21.3 Å². The Hall–Kier alpha value is -3.98. The van der Waals surface area contributed by atoms with Crippen molar-refractivity contribution >= 4 is 39.2 Å². The molecular formula is C26H25N5O3S. The van der Waals surface area contributed by atoms with Crippen molar-refractivity contribution in [1.29, 1.82) is 0 Å². The number of rotatable bonds is 4. The van der Waals surface area contributed by atoms with Crippen LogP contribution in [-0.2, 0) is 11.3 Å². The Morgan fingerprint density at radius 2 is 1.57 bits per heavy atom. The highest BCUT2D eigenvalue weighted by Gasteiger charge is 2.25. The summed E-state index contributed by atoms with van der Waals surface area (Å²) >= 11 is 1.48. The Morgan fingerprint density at radius 1 is 0.943 bits per heavy atom. The van der Waals surface area contributed by atoms with E-state index in [1.807, 2.05) is 67.6 Å². The van der Waals surface area contributed by atoms with Crippen LogP contribution in [0.1, 0.15) is 4.88 Å². The van der Waals surface area contributed by atoms with E-state index in [1.165, 1.54) is 22.2 Å². The maximum Gasteiger partial charge on any atom is 0.321 e. The van der Waals surface area contributed by atoms with E-state index in [0.29, 0.717) is 36.4 Å². The van der Waals surface area contributed by atoms with Gasteiger partial charge in [0.25, 0.3) is 5.56 Å². The Kier molecular flexibility index (Phi) is 6.33. The van der Waals surface area contributed by atoms with Gasteiger partial charge in [-0.05, 0) is 24.6 Å². The van der Waals surface area contributed by atoms with Crippen LogP contribution in [-0.4, -0.2) is 57.5 Å². The Bertz CT molecular complexity index is 1420. The third-order valence-corrected chi connectivity index (χ3v) is 7.18. The predicted molar refractivity (Wildman–Crippen MR) is 138 cm³/mol. The molecule has 0 saturated carbocycles. The SMILES string of the molecule is Cc1sc2ncn(CC(=O)N3CCN(C(=O)Nc4ccccc4)CC3)c(=O)c2c1-c1ccccc1. The third-order valence-electron chi connectivity index (χ3n) is 6.17. The Balaban J connectivity index is 1.28. The number of para-hydroxylation sites is 1. The van der Waals surface area contributed by atoms with E-state index >= 15 is 0 Å². The third kappa shape index (κ3) is 4.67. The normalized spacial score (nSPS) is 13.7. The smallest absolute Gasteiger partial charge is 0.321 e. The van der Waals surface area contributed by atoms with Gasteiger partial charge in [-0.25, -0.2) is 9.78 Å². The molecule has 1 aliphatic rings. The van der Waals surface area contributed by atoms with Gasteiger partial charge < -0.3 is 15.1 Å². The second-order valence-electron chi connectivity index (χ2n) is 8.42. The van der Waals surface area contributed by atoms with Gasteiger partial charge in [0.1, 0.15) is 11.4 Å². The zero-order valence-corrected chi connectivity index (χ0v) is 20.1. The fourth-order valence-corrected chi connectivity index (χ4v) is 5.33. The molecular weight excluding hydrogens is 462 g/mol. The molecule has 0 radical (unpaired) electrons. The molecule has 1 N–H and O–H groups in total. The van der Waals surface area contributed by atoms with Crippen molar-refractivity contribution < 1.29 is 9.59 Å². The van der Waals surface area contributed by atoms with Crippen LogP contribution >= 0.6 is 11.3 Å². The number of hydrogen-bond acceptors (Lipinski definition) is 5. The summed E-state index contributed by atoms with van der Waals surface area (Å²) in [5.74, 6) is -0.162. The number of urea groups is 1. The van der Waals surface area contributed by atoms with E-state index in [-0.39, 0.29) is 24.0 Å². The second-order valence-corrected chi connectivity index (χ2v) is 9.62. The van der Waals surface area contributed by atoms with Gasteiger partial charge in [-0.2, -0.15) is 0 Å². The van der Waals surface area contributed by atoms with Crippen LogP contribution in [0.15, 0.2) is 71.8 Å². The van der Waals surface area contributed by atoms with Crippen molar-refractivity contribution in [2.24, 2.45) is 0 Å². The highest BCUT2D eigenvalue weighted by Crippen LogP contribution is 2.35. The van der Waals surface area contributed by atoms with Crippen LogP contribution in [0.3, 0.4) is 0 Å². The Morgan fingerprint density at radius 3 is 2.26 bits per heavy atom. The average molecular weight is 488 g/mol. The first-order valence-corrected chi connectivity index (χ1v) is 12.3. The van der Waals surface area contributed by atoms with Gasteiger partial charge in [-0.1, -0.05) is 48.5 Å². The number of nitrogens with zero attached hydrogens (tertiary/aromatic N) is 4. The summed E-state index contributed by atoms with van der Waals surface area (Å²) in [4.78, 5) is 48.4. The maximum absolute atomic E-state index is 13.4. The lowest BCUT2D eigenvalue weighted by Gasteiger charge is -2.34. The summed E-state index contributed by atoms with van der Waals surface area (Å²) in [6, 6.07) is 18.9. The summed E-state index contributed by atoms with van der Waals surface area (Å²) < 4.78 is 1.39. The zero-order valence-electron chi connectivity index (χ0n) is 19.3. The van der Waals surface area contributed by atoms with Crippen molar-refractivity contribution in [3.05, 3.63) is 82.2 Å². The van der Waals surface area contributed by atoms with E-state index in [1.54, 1.807) is 9.80 Å². The predicted octanol–water partition coefficient (Wildman–Crippen LogP) is 3.81. The van der Waals surface area contributed by atoms with Gasteiger partial charge in [-0.15, -0.1) is 11.3 Å². The van der Waals surface area contributed by atoms with E-state index in [4.69, 9.17) is 0 Å². The molecule has 3 heterocycles. The molecule has 9 heteroatoms. The Labute approximate surface area is 206 Å². The maximum atomic E-state index is 13.4. The van der Waals surface area contributed by atoms with Crippen LogP contribution < -0.4 is 10.9 Å². The summed E-state index contributed by atoms with van der Waals surface area (Å²) in [5.41, 5.74) is 2.36. The molecule has 3 amide bonds. The highest BCUT2D eigenvalue weighted by atomic mass is 32.1. The van der Waals surface area contributed by atoms with E-state index in [2.05, 4.69) is 10.3 Å². The molecule has 35 heavy (non-hydrogen) atoms. The molecule has 178 valence electrons. The number of aryl methyl sites for hydroxylation is 1. The van der Waals surface area contributed by atoms with Crippen LogP contribution in [0.5, 0.6) is 0 Å². The van der Waals surface area contributed by atoms with Crippen LogP contribution in [0.2, 0.25) is 0 Å². The van der Waals surface area contributed by atoms with E-state index < -0.39 is 0 Å². The molecule has 0 atom stereocenters. The number of benzene rings is 2. The quantitative estimate of drug-likeness (QED) is 0.474. The van der Waals surface area contributed by atoms with Crippen LogP contribution in [0, 0.1) is 6.92 Å². The molecule has 0 unspecified atom stereocenters. The number of nitrogens with one attached hydrogen (secondary N) is 1.